The van der Waals surface area contributed by atoms with Gasteiger partial charge < -0.3 is 0 Å². The zero-order chi connectivity index (χ0) is 21.5. The highest BCUT2D eigenvalue weighted by molar-refractivity contribution is 5.25. The number of rotatable bonds is 8. The average Bonchev–Trinajstić information content (AvgIpc) is 2.84. The Morgan fingerprint density at radius 2 is 1.06 bits per heavy atom. The van der Waals surface area contributed by atoms with E-state index in [1.165, 1.54) is 95.5 Å². The summed E-state index contributed by atoms with van der Waals surface area (Å²) in [6, 6.07) is 8.31. The molecule has 3 aliphatic carbocycles. The lowest BCUT2D eigenvalue weighted by Gasteiger charge is -2.38. The molecular weight excluding hydrogens is 379 g/mol. The largest absolute Gasteiger partial charge is 0.246 e. The van der Waals surface area contributed by atoms with Crippen LogP contribution in [0.4, 0.5) is 4.39 Å². The van der Waals surface area contributed by atoms with Crippen molar-refractivity contribution in [3.63, 3.8) is 0 Å². The Labute approximate surface area is 191 Å². The number of benzene rings is 1. The Bertz CT molecular complexity index is 610. The van der Waals surface area contributed by atoms with E-state index in [1.807, 2.05) is 12.1 Å². The summed E-state index contributed by atoms with van der Waals surface area (Å²) in [5.74, 6) is 5.91. The van der Waals surface area contributed by atoms with E-state index >= 15 is 0 Å². The molecule has 0 unspecified atom stereocenters. The predicted octanol–water partition coefficient (Wildman–Crippen LogP) is 9.62. The van der Waals surface area contributed by atoms with Gasteiger partial charge in [-0.25, -0.2) is 4.39 Å². The van der Waals surface area contributed by atoms with Gasteiger partial charge in [-0.15, -0.1) is 0 Å². The fourth-order valence-corrected chi connectivity index (χ4v) is 7.44. The lowest BCUT2D eigenvalue weighted by Crippen LogP contribution is -2.26. The molecule has 0 nitrogen and oxygen atoms in total. The van der Waals surface area contributed by atoms with Crippen LogP contribution in [0.2, 0.25) is 0 Å². The molecule has 1 heteroatoms. The molecule has 3 saturated carbocycles. The van der Waals surface area contributed by atoms with Crippen molar-refractivity contribution in [2.45, 2.75) is 122 Å². The molecule has 0 radical (unpaired) electrons. The first-order valence-corrected chi connectivity index (χ1v) is 13.9. The van der Waals surface area contributed by atoms with Gasteiger partial charge in [-0.1, -0.05) is 82.6 Å². The smallest absolute Gasteiger partial charge is 0.115 e. The Balaban J connectivity index is 1.11. The Morgan fingerprint density at radius 1 is 0.613 bits per heavy atom. The van der Waals surface area contributed by atoms with Gasteiger partial charge in [-0.05, 0) is 98.0 Å². The first kappa shape index (κ1) is 23.3. The third kappa shape index (κ3) is 6.58. The minimum Gasteiger partial charge on any atom is -0.246 e. The van der Waals surface area contributed by atoms with Crippen molar-refractivity contribution in [3.8, 4) is 0 Å². The summed E-state index contributed by atoms with van der Waals surface area (Å²) in [6.07, 6.45) is 23.6. The summed E-state index contributed by atoms with van der Waals surface area (Å²) in [5, 5.41) is 0. The van der Waals surface area contributed by atoms with Gasteiger partial charge in [0, 0.05) is 0 Å². The standard InChI is InChI=1S/C30H47F/c1-2-3-23-6-14-27(15-7-23)28-16-8-24(9-17-28)4-5-25-10-18-29(19-11-25)30-20-12-26(22-31)13-21-30/h12-13,20-21,23-25,27-29H,2-11,14-19,22H2,1H3. The Morgan fingerprint density at radius 3 is 1.52 bits per heavy atom. The van der Waals surface area contributed by atoms with Gasteiger partial charge in [-0.2, -0.15) is 0 Å². The molecule has 31 heavy (non-hydrogen) atoms. The van der Waals surface area contributed by atoms with Crippen molar-refractivity contribution in [1.29, 1.82) is 0 Å². The molecule has 0 saturated heterocycles. The summed E-state index contributed by atoms with van der Waals surface area (Å²) >= 11 is 0. The maximum absolute atomic E-state index is 12.7. The lowest BCUT2D eigenvalue weighted by atomic mass is 9.68. The summed E-state index contributed by atoms with van der Waals surface area (Å²) in [6.45, 7) is 2.02. The molecule has 0 atom stereocenters. The summed E-state index contributed by atoms with van der Waals surface area (Å²) in [5.41, 5.74) is 2.26. The van der Waals surface area contributed by atoms with E-state index in [0.717, 1.165) is 35.2 Å². The zero-order valence-electron chi connectivity index (χ0n) is 20.2. The number of alkyl halides is 1. The molecule has 1 aromatic rings. The molecule has 0 bridgehead atoms. The maximum atomic E-state index is 12.7. The lowest BCUT2D eigenvalue weighted by molar-refractivity contribution is 0.137. The molecule has 3 aliphatic rings. The van der Waals surface area contributed by atoms with Gasteiger partial charge in [0.15, 0.2) is 0 Å². The Kier molecular flexibility index (Phi) is 8.91. The molecule has 0 N–H and O–H groups in total. The van der Waals surface area contributed by atoms with E-state index in [9.17, 15) is 4.39 Å². The molecule has 0 aliphatic heterocycles. The van der Waals surface area contributed by atoms with E-state index in [2.05, 4.69) is 19.1 Å². The monoisotopic (exact) mass is 426 g/mol. The summed E-state index contributed by atoms with van der Waals surface area (Å²) < 4.78 is 12.7. The highest BCUT2D eigenvalue weighted by Gasteiger charge is 2.31. The molecule has 1 aromatic carbocycles. The van der Waals surface area contributed by atoms with E-state index in [-0.39, 0.29) is 6.67 Å². The van der Waals surface area contributed by atoms with Crippen LogP contribution in [0.5, 0.6) is 0 Å². The zero-order valence-corrected chi connectivity index (χ0v) is 20.2. The second-order valence-corrected chi connectivity index (χ2v) is 11.5. The van der Waals surface area contributed by atoms with Crippen LogP contribution in [0.15, 0.2) is 24.3 Å². The van der Waals surface area contributed by atoms with Crippen LogP contribution in [0.3, 0.4) is 0 Å². The van der Waals surface area contributed by atoms with Gasteiger partial charge in [0.25, 0.3) is 0 Å². The van der Waals surface area contributed by atoms with Crippen molar-refractivity contribution < 1.29 is 4.39 Å². The quantitative estimate of drug-likeness (QED) is 0.388. The molecular formula is C30H47F. The highest BCUT2D eigenvalue weighted by Crippen LogP contribution is 2.44. The third-order valence-corrected chi connectivity index (χ3v) is 9.58. The molecule has 4 rings (SSSR count). The van der Waals surface area contributed by atoms with Crippen LogP contribution in [-0.4, -0.2) is 0 Å². The average molecular weight is 427 g/mol. The van der Waals surface area contributed by atoms with E-state index in [0.29, 0.717) is 5.92 Å². The third-order valence-electron chi connectivity index (χ3n) is 9.58. The van der Waals surface area contributed by atoms with Crippen molar-refractivity contribution in [2.75, 3.05) is 0 Å². The second kappa shape index (κ2) is 11.9. The Hall–Kier alpha value is -0.850. The van der Waals surface area contributed by atoms with Crippen molar-refractivity contribution >= 4 is 0 Å². The second-order valence-electron chi connectivity index (χ2n) is 11.5. The molecule has 0 aromatic heterocycles. The molecule has 0 amide bonds. The van der Waals surface area contributed by atoms with Crippen LogP contribution in [0.1, 0.15) is 127 Å². The topological polar surface area (TPSA) is 0 Å². The number of hydrogen-bond acceptors (Lipinski definition) is 0. The van der Waals surface area contributed by atoms with Gasteiger partial charge in [0.1, 0.15) is 6.67 Å². The van der Waals surface area contributed by atoms with E-state index in [1.54, 1.807) is 12.8 Å². The van der Waals surface area contributed by atoms with Crippen LogP contribution in [-0.2, 0) is 6.67 Å². The van der Waals surface area contributed by atoms with Crippen LogP contribution < -0.4 is 0 Å². The molecule has 0 heterocycles. The van der Waals surface area contributed by atoms with Crippen molar-refractivity contribution in [1.82, 2.24) is 0 Å². The van der Waals surface area contributed by atoms with Gasteiger partial charge >= 0.3 is 0 Å². The predicted molar refractivity (Wildman–Crippen MR) is 131 cm³/mol. The fraction of sp³-hybridized carbons (Fsp3) is 0.800. The van der Waals surface area contributed by atoms with Crippen LogP contribution in [0.25, 0.3) is 0 Å². The minimum atomic E-state index is -0.338. The minimum absolute atomic E-state index is 0.338. The van der Waals surface area contributed by atoms with Gasteiger partial charge in [0.2, 0.25) is 0 Å². The number of halogens is 1. The van der Waals surface area contributed by atoms with Crippen molar-refractivity contribution in [2.24, 2.45) is 29.6 Å². The van der Waals surface area contributed by atoms with Crippen molar-refractivity contribution in [3.05, 3.63) is 35.4 Å². The summed E-state index contributed by atoms with van der Waals surface area (Å²) in [4.78, 5) is 0. The van der Waals surface area contributed by atoms with Crippen LogP contribution in [0, 0.1) is 29.6 Å². The van der Waals surface area contributed by atoms with Gasteiger partial charge in [-0.3, -0.25) is 0 Å². The molecule has 3 fully saturated rings. The maximum Gasteiger partial charge on any atom is 0.115 e. The first-order chi connectivity index (χ1) is 15.2. The SMILES string of the molecule is CCCC1CCC(C2CCC(CCC3CCC(c4ccc(CF)cc4)CC3)CC2)CC1. The number of hydrogen-bond donors (Lipinski definition) is 0. The normalized spacial score (nSPS) is 34.5. The fourth-order valence-electron chi connectivity index (χ4n) is 7.44. The highest BCUT2D eigenvalue weighted by atomic mass is 19.1. The van der Waals surface area contributed by atoms with Crippen LogP contribution >= 0.6 is 0 Å². The van der Waals surface area contributed by atoms with E-state index in [4.69, 9.17) is 0 Å². The first-order valence-electron chi connectivity index (χ1n) is 13.9. The van der Waals surface area contributed by atoms with Gasteiger partial charge in [0.05, 0.1) is 0 Å². The summed E-state index contributed by atoms with van der Waals surface area (Å²) in [7, 11) is 0. The van der Waals surface area contributed by atoms with E-state index < -0.39 is 0 Å². The molecule has 174 valence electrons. The molecule has 0 spiro atoms.